The molecule has 3 heterocycles. The Labute approximate surface area is 121 Å². The summed E-state index contributed by atoms with van der Waals surface area (Å²) < 4.78 is 3.68. The first-order valence-electron chi connectivity index (χ1n) is 6.75. The number of nitrogens with zero attached hydrogens (tertiary/aromatic N) is 4. The molecular weight excluding hydrogens is 270 g/mol. The van der Waals surface area contributed by atoms with Crippen molar-refractivity contribution in [2.45, 2.75) is 26.4 Å². The maximum Gasteiger partial charge on any atom is 0.235 e. The summed E-state index contributed by atoms with van der Waals surface area (Å²) in [7, 11) is 0. The van der Waals surface area contributed by atoms with Crippen molar-refractivity contribution in [3.63, 3.8) is 0 Å². The molecule has 0 aromatic carbocycles. The van der Waals surface area contributed by atoms with E-state index in [-0.39, 0.29) is 11.6 Å². The summed E-state index contributed by atoms with van der Waals surface area (Å²) >= 11 is 0. The van der Waals surface area contributed by atoms with Crippen LogP contribution in [-0.4, -0.2) is 34.5 Å². The van der Waals surface area contributed by atoms with Crippen LogP contribution >= 0.6 is 0 Å². The Morgan fingerprint density at radius 3 is 2.76 bits per heavy atom. The molecule has 0 aliphatic heterocycles. The highest BCUT2D eigenvalue weighted by molar-refractivity contribution is 5.67. The van der Waals surface area contributed by atoms with Crippen molar-refractivity contribution in [2.75, 3.05) is 0 Å². The zero-order valence-electron chi connectivity index (χ0n) is 11.7. The maximum absolute atomic E-state index is 10.1. The molecule has 3 N–H and O–H groups in total. The monoisotopic (exact) mass is 287 g/mol. The number of hydrogen-bond acceptors (Lipinski definition) is 4. The molecule has 21 heavy (non-hydrogen) atoms. The lowest BCUT2D eigenvalue weighted by Gasteiger charge is -2.10. The number of hydrogen-bond donors (Lipinski definition) is 3. The van der Waals surface area contributed by atoms with E-state index in [2.05, 4.69) is 15.2 Å². The Hall–Kier alpha value is -2.70. The summed E-state index contributed by atoms with van der Waals surface area (Å²) in [5, 5.41) is 26.9. The summed E-state index contributed by atoms with van der Waals surface area (Å²) in [4.78, 5) is 4.00. The molecule has 3 aromatic rings. The van der Waals surface area contributed by atoms with Gasteiger partial charge in [0, 0.05) is 37.2 Å². The molecule has 0 aliphatic carbocycles. The summed E-state index contributed by atoms with van der Waals surface area (Å²) in [5.41, 5.74) is 2.17. The molecule has 0 saturated carbocycles. The normalized spacial score (nSPS) is 11.1. The minimum absolute atomic E-state index is 0.0813. The van der Waals surface area contributed by atoms with E-state index in [1.54, 1.807) is 30.2 Å². The molecule has 0 fully saturated rings. The molecule has 7 heteroatoms. The van der Waals surface area contributed by atoms with Crippen LogP contribution < -0.4 is 0 Å². The van der Waals surface area contributed by atoms with Crippen molar-refractivity contribution in [3.8, 4) is 23.0 Å². The van der Waals surface area contributed by atoms with Gasteiger partial charge in [-0.05, 0) is 19.4 Å². The Morgan fingerprint density at radius 1 is 1.24 bits per heavy atom. The predicted octanol–water partition coefficient (Wildman–Crippen LogP) is 1.88. The molecule has 3 aromatic heterocycles. The van der Waals surface area contributed by atoms with Crippen LogP contribution in [0.25, 0.3) is 11.4 Å². The Balaban J connectivity index is 1.85. The van der Waals surface area contributed by atoms with E-state index < -0.39 is 0 Å². The van der Waals surface area contributed by atoms with Gasteiger partial charge in [0.2, 0.25) is 5.88 Å². The molecule has 0 aliphatic rings. The van der Waals surface area contributed by atoms with Crippen LogP contribution in [-0.2, 0) is 13.1 Å². The Morgan fingerprint density at radius 2 is 2.10 bits per heavy atom. The summed E-state index contributed by atoms with van der Waals surface area (Å²) in [6, 6.07) is 1.81. The van der Waals surface area contributed by atoms with Crippen LogP contribution in [0.5, 0.6) is 11.6 Å². The van der Waals surface area contributed by atoms with Gasteiger partial charge in [0.25, 0.3) is 0 Å². The zero-order valence-corrected chi connectivity index (χ0v) is 11.7. The van der Waals surface area contributed by atoms with Crippen molar-refractivity contribution in [1.82, 2.24) is 24.3 Å². The van der Waals surface area contributed by atoms with Crippen molar-refractivity contribution < 1.29 is 10.2 Å². The van der Waals surface area contributed by atoms with Crippen molar-refractivity contribution >= 4 is 0 Å². The van der Waals surface area contributed by atoms with Gasteiger partial charge >= 0.3 is 0 Å². The second-order valence-corrected chi connectivity index (χ2v) is 4.92. The number of imidazole rings is 1. The minimum Gasteiger partial charge on any atom is -0.503 e. The lowest BCUT2D eigenvalue weighted by molar-refractivity contribution is 0.367. The molecule has 110 valence electrons. The number of aromatic nitrogens is 5. The number of aromatic hydroxyl groups is 2. The fourth-order valence-corrected chi connectivity index (χ4v) is 2.50. The average Bonchev–Trinajstić information content (AvgIpc) is 3.20. The number of aryl methyl sites for hydroxylation is 1. The van der Waals surface area contributed by atoms with Crippen molar-refractivity contribution in [2.24, 2.45) is 0 Å². The largest absolute Gasteiger partial charge is 0.503 e. The summed E-state index contributed by atoms with van der Waals surface area (Å²) in [6.07, 6.45) is 7.84. The fraction of sp³-hybridized carbons (Fsp3) is 0.286. The van der Waals surface area contributed by atoms with Gasteiger partial charge in [-0.3, -0.25) is 5.10 Å². The van der Waals surface area contributed by atoms with Crippen molar-refractivity contribution in [1.29, 1.82) is 0 Å². The molecular formula is C14H17N5O2. The van der Waals surface area contributed by atoms with Gasteiger partial charge in [-0.25, -0.2) is 4.98 Å². The van der Waals surface area contributed by atoms with Crippen LogP contribution in [0.15, 0.2) is 31.0 Å². The molecule has 0 spiro atoms. The number of nitrogens with one attached hydrogen (secondary N) is 1. The highest BCUT2D eigenvalue weighted by Gasteiger charge is 2.20. The smallest absolute Gasteiger partial charge is 0.235 e. The topological polar surface area (TPSA) is 91.9 Å². The third-order valence-corrected chi connectivity index (χ3v) is 3.56. The lowest BCUT2D eigenvalue weighted by atomic mass is 10.2. The highest BCUT2D eigenvalue weighted by atomic mass is 16.3. The lowest BCUT2D eigenvalue weighted by Crippen LogP contribution is -2.04. The third-order valence-electron chi connectivity index (χ3n) is 3.56. The van der Waals surface area contributed by atoms with E-state index in [9.17, 15) is 10.2 Å². The fourth-order valence-electron chi connectivity index (χ4n) is 2.50. The quantitative estimate of drug-likeness (QED) is 0.668. The van der Waals surface area contributed by atoms with Crippen LogP contribution in [0, 0.1) is 6.92 Å². The van der Waals surface area contributed by atoms with Crippen LogP contribution in [0.3, 0.4) is 0 Å². The minimum atomic E-state index is -0.109. The number of rotatable bonds is 5. The first-order valence-corrected chi connectivity index (χ1v) is 6.75. The van der Waals surface area contributed by atoms with E-state index in [1.807, 2.05) is 16.8 Å². The SMILES string of the molecule is Cc1c(O)c(O)n(CCCn2ccnc2)c1-c1ccn[nH]1. The van der Waals surface area contributed by atoms with Crippen LogP contribution in [0.4, 0.5) is 0 Å². The van der Waals surface area contributed by atoms with Crippen molar-refractivity contribution in [3.05, 3.63) is 36.5 Å². The molecule has 0 amide bonds. The number of aromatic amines is 1. The van der Waals surface area contributed by atoms with Gasteiger partial charge in [-0.2, -0.15) is 5.10 Å². The average molecular weight is 287 g/mol. The standard InChI is InChI=1S/C14H17N5O2/c1-10-12(11-3-4-16-17-11)19(14(21)13(10)20)7-2-6-18-8-5-15-9-18/h3-5,8-9,20-21H,2,6-7H2,1H3,(H,16,17). The Bertz CT molecular complexity index is 713. The molecule has 0 unspecified atom stereocenters. The molecule has 0 atom stereocenters. The third kappa shape index (κ3) is 2.37. The highest BCUT2D eigenvalue weighted by Crippen LogP contribution is 2.39. The molecule has 3 rings (SSSR count). The van der Waals surface area contributed by atoms with Gasteiger partial charge in [0.05, 0.1) is 17.7 Å². The van der Waals surface area contributed by atoms with Gasteiger partial charge in [0.1, 0.15) is 0 Å². The van der Waals surface area contributed by atoms with E-state index >= 15 is 0 Å². The van der Waals surface area contributed by atoms with E-state index in [0.29, 0.717) is 12.1 Å². The van der Waals surface area contributed by atoms with Gasteiger partial charge in [-0.15, -0.1) is 0 Å². The van der Waals surface area contributed by atoms with Crippen LogP contribution in [0.2, 0.25) is 0 Å². The molecule has 0 saturated heterocycles. The second kappa shape index (κ2) is 5.35. The number of H-pyrrole nitrogens is 1. The first kappa shape index (κ1) is 13.3. The molecule has 7 nitrogen and oxygen atoms in total. The van der Waals surface area contributed by atoms with Crippen LogP contribution in [0.1, 0.15) is 12.0 Å². The second-order valence-electron chi connectivity index (χ2n) is 4.92. The van der Waals surface area contributed by atoms with Gasteiger partial charge in [-0.1, -0.05) is 0 Å². The Kier molecular flexibility index (Phi) is 3.39. The van der Waals surface area contributed by atoms with E-state index in [0.717, 1.165) is 24.4 Å². The van der Waals surface area contributed by atoms with Gasteiger partial charge in [0.15, 0.2) is 5.75 Å². The maximum atomic E-state index is 10.1. The first-order chi connectivity index (χ1) is 10.2. The predicted molar refractivity (Wildman–Crippen MR) is 76.9 cm³/mol. The van der Waals surface area contributed by atoms with E-state index in [1.165, 1.54) is 0 Å². The zero-order chi connectivity index (χ0) is 14.8. The van der Waals surface area contributed by atoms with E-state index in [4.69, 9.17) is 0 Å². The molecule has 0 bridgehead atoms. The summed E-state index contributed by atoms with van der Waals surface area (Å²) in [5.74, 6) is -0.190. The summed E-state index contributed by atoms with van der Waals surface area (Å²) in [6.45, 7) is 3.15. The molecule has 0 radical (unpaired) electrons. The van der Waals surface area contributed by atoms with Gasteiger partial charge < -0.3 is 19.3 Å².